The number of aromatic nitrogens is 2. The Kier molecular flexibility index (Phi) is 9.17. The Morgan fingerprint density at radius 1 is 0.922 bits per heavy atom. The molecule has 0 spiro atoms. The molecule has 3 aromatic carbocycles. The first kappa shape index (κ1) is 34.8. The Bertz CT molecular complexity index is 1960. The maximum atomic E-state index is 14.3. The highest BCUT2D eigenvalue weighted by atomic mass is 32.2. The molecule has 12 heteroatoms. The molecule has 4 aromatic rings. The number of ether oxygens (including phenoxy) is 2. The zero-order valence-corrected chi connectivity index (χ0v) is 30.3. The zero-order chi connectivity index (χ0) is 36.2. The predicted octanol–water partition coefficient (Wildman–Crippen LogP) is 7.27. The third-order valence-electron chi connectivity index (χ3n) is 11.2. The van der Waals surface area contributed by atoms with Gasteiger partial charge in [0.05, 0.1) is 42.5 Å². The number of carbonyl (C=O) groups excluding carboxylic acids is 1. The van der Waals surface area contributed by atoms with Crippen LogP contribution in [0.3, 0.4) is 0 Å². The number of rotatable bonds is 11. The summed E-state index contributed by atoms with van der Waals surface area (Å²) in [6.07, 6.45) is 4.37. The maximum absolute atomic E-state index is 14.3. The van der Waals surface area contributed by atoms with Gasteiger partial charge in [-0.2, -0.15) is 5.10 Å². The zero-order valence-electron chi connectivity index (χ0n) is 29.5. The third kappa shape index (κ3) is 5.97. The molecule has 0 saturated heterocycles. The van der Waals surface area contributed by atoms with Crippen molar-refractivity contribution in [2.45, 2.75) is 64.3 Å². The van der Waals surface area contributed by atoms with Crippen LogP contribution in [0.4, 0.5) is 11.4 Å². The van der Waals surface area contributed by atoms with Gasteiger partial charge in [-0.05, 0) is 123 Å². The molecule has 1 unspecified atom stereocenters. The largest absolute Gasteiger partial charge is 0.496 e. The van der Waals surface area contributed by atoms with E-state index in [0.29, 0.717) is 51.7 Å². The molecule has 0 radical (unpaired) electrons. The van der Waals surface area contributed by atoms with Gasteiger partial charge in [0.15, 0.2) is 5.69 Å². The molecule has 4 bridgehead atoms. The number of aliphatic carboxylic acids is 1. The van der Waals surface area contributed by atoms with Crippen molar-refractivity contribution in [3.05, 3.63) is 83.6 Å². The Labute approximate surface area is 300 Å². The molecule has 4 aliphatic rings. The van der Waals surface area contributed by atoms with Gasteiger partial charge in [0.1, 0.15) is 17.0 Å². The topological polar surface area (TPSA) is 143 Å². The number of nitrogens with one attached hydrogen (secondary N) is 1. The monoisotopic (exact) mass is 712 g/mol. The minimum atomic E-state index is -2.37. The minimum Gasteiger partial charge on any atom is -0.496 e. The fourth-order valence-corrected chi connectivity index (χ4v) is 9.67. The molecule has 4 fully saturated rings. The molecule has 4 saturated carbocycles. The van der Waals surface area contributed by atoms with E-state index in [-0.39, 0.29) is 23.4 Å². The van der Waals surface area contributed by atoms with Crippen molar-refractivity contribution < 1.29 is 32.9 Å². The molecule has 11 nitrogen and oxygen atoms in total. The SMILES string of the molecule is COc1cccc(OC)c1-c1cc(C(=O)NC2(C(=O)O)C3CC4CC(C3)CC2C4)nn1-c1ccc(N(c2ccc(C)cc2)S(=O)O)cc1C(C)C. The minimum absolute atomic E-state index is 0.0592. The van der Waals surface area contributed by atoms with E-state index in [1.54, 1.807) is 55.3 Å². The number of nitrogens with zero attached hydrogens (tertiary/aromatic N) is 3. The molecule has 8 rings (SSSR count). The fourth-order valence-electron chi connectivity index (χ4n) is 9.08. The number of aryl methyl sites for hydroxylation is 1. The quantitative estimate of drug-likeness (QED) is 0.138. The number of anilines is 2. The molecular weight excluding hydrogens is 669 g/mol. The summed E-state index contributed by atoms with van der Waals surface area (Å²) in [5.41, 5.74) is 3.28. The van der Waals surface area contributed by atoms with Crippen LogP contribution in [0.5, 0.6) is 11.5 Å². The van der Waals surface area contributed by atoms with Crippen LogP contribution in [0.15, 0.2) is 66.7 Å². The first-order valence-electron chi connectivity index (χ1n) is 17.4. The average molecular weight is 713 g/mol. The summed E-state index contributed by atoms with van der Waals surface area (Å²) in [7, 11) is 3.11. The molecule has 1 atom stereocenters. The number of benzene rings is 3. The smallest absolute Gasteiger partial charge is 0.330 e. The number of carbonyl (C=O) groups is 2. The second-order valence-corrected chi connectivity index (χ2v) is 15.4. The van der Waals surface area contributed by atoms with E-state index in [4.69, 9.17) is 14.6 Å². The molecule has 1 heterocycles. The Morgan fingerprint density at radius 2 is 1.51 bits per heavy atom. The third-order valence-corrected chi connectivity index (χ3v) is 12.0. The lowest BCUT2D eigenvalue weighted by atomic mass is 9.48. The van der Waals surface area contributed by atoms with Crippen molar-refractivity contribution in [3.63, 3.8) is 0 Å². The van der Waals surface area contributed by atoms with Gasteiger partial charge in [-0.15, -0.1) is 0 Å². The van der Waals surface area contributed by atoms with Crippen LogP contribution < -0.4 is 19.1 Å². The molecule has 0 aliphatic heterocycles. The second-order valence-electron chi connectivity index (χ2n) is 14.6. The normalized spacial score (nSPS) is 24.0. The van der Waals surface area contributed by atoms with Crippen LogP contribution in [-0.2, 0) is 16.1 Å². The van der Waals surface area contributed by atoms with Gasteiger partial charge in [0, 0.05) is 0 Å². The van der Waals surface area contributed by atoms with Gasteiger partial charge in [-0.25, -0.2) is 18.0 Å². The highest BCUT2D eigenvalue weighted by molar-refractivity contribution is 7.81. The van der Waals surface area contributed by atoms with Gasteiger partial charge >= 0.3 is 5.97 Å². The van der Waals surface area contributed by atoms with Crippen LogP contribution in [0.25, 0.3) is 16.9 Å². The summed E-state index contributed by atoms with van der Waals surface area (Å²) in [6, 6.07) is 19.8. The summed E-state index contributed by atoms with van der Waals surface area (Å²) in [6.45, 7) is 5.98. The van der Waals surface area contributed by atoms with Crippen LogP contribution in [0.2, 0.25) is 0 Å². The van der Waals surface area contributed by atoms with E-state index in [9.17, 15) is 23.5 Å². The van der Waals surface area contributed by atoms with Gasteiger partial charge in [0.25, 0.3) is 17.2 Å². The molecular formula is C39H44N4O7S. The summed E-state index contributed by atoms with van der Waals surface area (Å²) in [4.78, 5) is 27.4. The van der Waals surface area contributed by atoms with Gasteiger partial charge in [0.2, 0.25) is 0 Å². The van der Waals surface area contributed by atoms with Crippen molar-refractivity contribution in [1.29, 1.82) is 0 Å². The van der Waals surface area contributed by atoms with Crippen LogP contribution >= 0.6 is 0 Å². The second kappa shape index (κ2) is 13.5. The van der Waals surface area contributed by atoms with E-state index in [1.165, 1.54) is 4.31 Å². The molecule has 51 heavy (non-hydrogen) atoms. The van der Waals surface area contributed by atoms with Crippen molar-refractivity contribution >= 4 is 34.5 Å². The lowest BCUT2D eigenvalue weighted by molar-refractivity contribution is -0.163. The van der Waals surface area contributed by atoms with E-state index in [2.05, 4.69) is 5.32 Å². The van der Waals surface area contributed by atoms with Crippen molar-refractivity contribution in [2.24, 2.45) is 23.7 Å². The van der Waals surface area contributed by atoms with Crippen LogP contribution in [-0.4, -0.2) is 55.3 Å². The van der Waals surface area contributed by atoms with E-state index >= 15 is 0 Å². The number of amides is 1. The highest BCUT2D eigenvalue weighted by Crippen LogP contribution is 2.58. The number of hydrogen-bond acceptors (Lipinski definition) is 6. The van der Waals surface area contributed by atoms with Gasteiger partial charge in [-0.1, -0.05) is 37.6 Å². The number of hydrogen-bond donors (Lipinski definition) is 3. The Hall–Kier alpha value is -4.68. The maximum Gasteiger partial charge on any atom is 0.330 e. The molecule has 4 aliphatic carbocycles. The summed E-state index contributed by atoms with van der Waals surface area (Å²) in [5, 5.41) is 18.7. The van der Waals surface area contributed by atoms with E-state index in [0.717, 1.165) is 43.2 Å². The van der Waals surface area contributed by atoms with Crippen molar-refractivity contribution in [2.75, 3.05) is 18.5 Å². The number of carboxylic acid groups (broad SMARTS) is 1. The standard InChI is InChI=1S/C39H44N4O7S/c1-22(2)30-20-29(43(51(47)48)28-11-9-23(3)10-12-28)13-14-32(30)42-33(36-34(49-4)7-6-8-35(36)50-5)21-31(41-42)37(44)40-39(38(45)46)26-16-24-15-25(18-26)19-27(39)17-24/h6-14,20-22,24-27H,15-19H2,1-5H3,(H,40,44)(H,45,46)(H,47,48). The van der Waals surface area contributed by atoms with E-state index < -0.39 is 28.7 Å². The van der Waals surface area contributed by atoms with Gasteiger partial charge < -0.3 is 19.9 Å². The summed E-state index contributed by atoms with van der Waals surface area (Å²) in [5.74, 6) is 0.162. The number of methoxy groups -OCH3 is 2. The molecule has 3 N–H and O–H groups in total. The van der Waals surface area contributed by atoms with Crippen molar-refractivity contribution in [3.8, 4) is 28.4 Å². The summed E-state index contributed by atoms with van der Waals surface area (Å²) < 4.78 is 37.7. The van der Waals surface area contributed by atoms with Crippen molar-refractivity contribution in [1.82, 2.24) is 15.1 Å². The number of carboxylic acids is 1. The average Bonchev–Trinajstić information content (AvgIpc) is 3.55. The lowest BCUT2D eigenvalue weighted by Crippen LogP contribution is -2.70. The molecule has 1 aromatic heterocycles. The first-order valence-corrected chi connectivity index (χ1v) is 18.5. The predicted molar refractivity (Wildman–Crippen MR) is 195 cm³/mol. The Balaban J connectivity index is 1.37. The van der Waals surface area contributed by atoms with E-state index in [1.807, 2.05) is 51.1 Å². The molecule has 1 amide bonds. The molecule has 268 valence electrons. The van der Waals surface area contributed by atoms with Crippen LogP contribution in [0.1, 0.15) is 73.5 Å². The van der Waals surface area contributed by atoms with Crippen LogP contribution in [0, 0.1) is 30.6 Å². The first-order chi connectivity index (χ1) is 24.4. The Morgan fingerprint density at radius 3 is 2.04 bits per heavy atom. The fraction of sp³-hybridized carbons (Fsp3) is 0.410. The summed E-state index contributed by atoms with van der Waals surface area (Å²) >= 11 is -2.37. The lowest BCUT2D eigenvalue weighted by Gasteiger charge is -2.59. The highest BCUT2D eigenvalue weighted by Gasteiger charge is 2.62. The van der Waals surface area contributed by atoms with Gasteiger partial charge in [-0.3, -0.25) is 9.35 Å².